The molecule has 1 saturated heterocycles. The zero-order chi connectivity index (χ0) is 27.2. The number of nitrogens with one attached hydrogen (secondary N) is 1. The van der Waals surface area contributed by atoms with Crippen LogP contribution in [-0.4, -0.2) is 68.1 Å². The lowest BCUT2D eigenvalue weighted by atomic mass is 9.79. The van der Waals surface area contributed by atoms with Gasteiger partial charge in [0.15, 0.2) is 0 Å². The highest BCUT2D eigenvalue weighted by molar-refractivity contribution is 6.01. The number of hydrogen-bond acceptors (Lipinski definition) is 5. The second kappa shape index (κ2) is 12.4. The fourth-order valence-corrected chi connectivity index (χ4v) is 5.46. The predicted molar refractivity (Wildman–Crippen MR) is 146 cm³/mol. The van der Waals surface area contributed by atoms with Crippen molar-refractivity contribution in [1.29, 1.82) is 0 Å². The summed E-state index contributed by atoms with van der Waals surface area (Å²) in [6.07, 6.45) is 0.825. The van der Waals surface area contributed by atoms with Gasteiger partial charge >= 0.3 is 0 Å². The van der Waals surface area contributed by atoms with Gasteiger partial charge in [0.1, 0.15) is 11.6 Å². The van der Waals surface area contributed by atoms with Crippen molar-refractivity contribution in [3.8, 4) is 5.75 Å². The molecule has 0 aliphatic carbocycles. The van der Waals surface area contributed by atoms with Crippen molar-refractivity contribution in [2.75, 3.05) is 46.5 Å². The fourth-order valence-electron chi connectivity index (χ4n) is 5.46. The molecule has 2 atom stereocenters. The molecule has 8 heteroatoms. The van der Waals surface area contributed by atoms with Crippen LogP contribution in [0.4, 0.5) is 4.39 Å². The molecule has 0 unspecified atom stereocenters. The predicted octanol–water partition coefficient (Wildman–Crippen LogP) is 4.15. The van der Waals surface area contributed by atoms with Crippen molar-refractivity contribution >= 4 is 11.8 Å². The van der Waals surface area contributed by atoms with Crippen molar-refractivity contribution < 1.29 is 23.5 Å². The maximum absolute atomic E-state index is 13.9. The molecule has 2 aliphatic rings. The molecule has 0 radical (unpaired) electrons. The highest BCUT2D eigenvalue weighted by atomic mass is 19.1. The Morgan fingerprint density at radius 2 is 1.74 bits per heavy atom. The first-order valence-corrected chi connectivity index (χ1v) is 13.4. The largest absolute Gasteiger partial charge is 0.497 e. The molecule has 0 aromatic heterocycles. The third kappa shape index (κ3) is 6.13. The van der Waals surface area contributed by atoms with Crippen molar-refractivity contribution in [2.24, 2.45) is 0 Å². The van der Waals surface area contributed by atoms with Gasteiger partial charge < -0.3 is 19.7 Å². The molecular weight excluding hydrogens is 497 g/mol. The van der Waals surface area contributed by atoms with Gasteiger partial charge in [-0.3, -0.25) is 14.5 Å². The topological polar surface area (TPSA) is 71.1 Å². The lowest BCUT2D eigenvalue weighted by Crippen LogP contribution is -2.47. The van der Waals surface area contributed by atoms with Crippen molar-refractivity contribution in [3.63, 3.8) is 0 Å². The minimum Gasteiger partial charge on any atom is -0.497 e. The molecule has 2 aliphatic heterocycles. The Balaban J connectivity index is 1.45. The summed E-state index contributed by atoms with van der Waals surface area (Å²) >= 11 is 0. The average molecular weight is 532 g/mol. The summed E-state index contributed by atoms with van der Waals surface area (Å²) < 4.78 is 24.4. The quantitative estimate of drug-likeness (QED) is 0.420. The summed E-state index contributed by atoms with van der Waals surface area (Å²) in [6, 6.07) is 20.4. The van der Waals surface area contributed by atoms with Gasteiger partial charge in [0.25, 0.3) is 5.91 Å². The summed E-state index contributed by atoms with van der Waals surface area (Å²) in [5.74, 6) is -0.546. The molecule has 0 bridgehead atoms. The number of benzene rings is 3. The number of nitrogens with zero attached hydrogens (tertiary/aromatic N) is 2. The van der Waals surface area contributed by atoms with Gasteiger partial charge in [-0.15, -0.1) is 0 Å². The number of amides is 2. The normalized spacial score (nSPS) is 19.4. The highest BCUT2D eigenvalue weighted by Crippen LogP contribution is 2.44. The Kier molecular flexibility index (Phi) is 8.54. The van der Waals surface area contributed by atoms with E-state index in [1.807, 2.05) is 42.5 Å². The van der Waals surface area contributed by atoms with Gasteiger partial charge in [0.05, 0.1) is 32.3 Å². The molecule has 7 nitrogen and oxygen atoms in total. The first kappa shape index (κ1) is 26.8. The van der Waals surface area contributed by atoms with Crippen LogP contribution in [0.25, 0.3) is 0 Å². The van der Waals surface area contributed by atoms with E-state index in [1.54, 1.807) is 30.2 Å². The van der Waals surface area contributed by atoms with Crippen LogP contribution in [0, 0.1) is 5.82 Å². The lowest BCUT2D eigenvalue weighted by Gasteiger charge is -2.42. The molecule has 3 aromatic carbocycles. The molecule has 0 spiro atoms. The molecule has 39 heavy (non-hydrogen) atoms. The van der Waals surface area contributed by atoms with Gasteiger partial charge in [-0.25, -0.2) is 4.39 Å². The Bertz CT molecular complexity index is 1280. The van der Waals surface area contributed by atoms with Crippen molar-refractivity contribution in [2.45, 2.75) is 24.9 Å². The number of fused-ring (bicyclic) bond motifs is 1. The maximum atomic E-state index is 13.9. The molecule has 204 valence electrons. The van der Waals surface area contributed by atoms with Crippen LogP contribution in [0.1, 0.15) is 45.4 Å². The fraction of sp³-hybridized carbons (Fsp3) is 0.355. The molecule has 3 aromatic rings. The zero-order valence-electron chi connectivity index (χ0n) is 22.1. The molecule has 2 heterocycles. The number of methoxy groups -OCH3 is 1. The van der Waals surface area contributed by atoms with Crippen LogP contribution in [0.2, 0.25) is 0 Å². The summed E-state index contributed by atoms with van der Waals surface area (Å²) in [5.41, 5.74) is 2.84. The number of morpholine rings is 1. The molecular formula is C31H34FN3O4. The zero-order valence-corrected chi connectivity index (χ0v) is 22.1. The lowest BCUT2D eigenvalue weighted by molar-refractivity contribution is -0.124. The Morgan fingerprint density at radius 3 is 2.46 bits per heavy atom. The average Bonchev–Trinajstić information content (AvgIpc) is 2.98. The van der Waals surface area contributed by atoms with E-state index in [2.05, 4.69) is 10.2 Å². The third-order valence-corrected chi connectivity index (χ3v) is 7.50. The van der Waals surface area contributed by atoms with Crippen LogP contribution in [0.5, 0.6) is 5.75 Å². The second-order valence-corrected chi connectivity index (χ2v) is 9.94. The Labute approximate surface area is 228 Å². The minimum absolute atomic E-state index is 0.123. The Hall–Kier alpha value is -3.75. The Morgan fingerprint density at radius 1 is 1.03 bits per heavy atom. The maximum Gasteiger partial charge on any atom is 0.255 e. The van der Waals surface area contributed by atoms with E-state index in [1.165, 1.54) is 12.1 Å². The number of carbonyl (C=O) groups excluding carboxylic acids is 2. The van der Waals surface area contributed by atoms with Crippen molar-refractivity contribution in [3.05, 3.63) is 101 Å². The van der Waals surface area contributed by atoms with E-state index < -0.39 is 12.0 Å². The van der Waals surface area contributed by atoms with Gasteiger partial charge in [-0.05, 0) is 60.0 Å². The van der Waals surface area contributed by atoms with Crippen LogP contribution < -0.4 is 10.1 Å². The smallest absolute Gasteiger partial charge is 0.255 e. The molecule has 0 saturated carbocycles. The molecule has 1 N–H and O–H groups in total. The van der Waals surface area contributed by atoms with Crippen LogP contribution in [-0.2, 0) is 16.1 Å². The highest BCUT2D eigenvalue weighted by Gasteiger charge is 2.44. The van der Waals surface area contributed by atoms with E-state index in [0.717, 1.165) is 50.4 Å². The van der Waals surface area contributed by atoms with Crippen LogP contribution in [0.3, 0.4) is 0 Å². The minimum atomic E-state index is -0.615. The molecule has 1 fully saturated rings. The van der Waals surface area contributed by atoms with Gasteiger partial charge in [0, 0.05) is 31.7 Å². The van der Waals surface area contributed by atoms with E-state index in [4.69, 9.17) is 9.47 Å². The summed E-state index contributed by atoms with van der Waals surface area (Å²) in [6.45, 7) is 4.97. The first-order chi connectivity index (χ1) is 19.0. The summed E-state index contributed by atoms with van der Waals surface area (Å²) in [7, 11) is 1.60. The number of hydrogen-bond donors (Lipinski definition) is 1. The van der Waals surface area contributed by atoms with Gasteiger partial charge in [-0.1, -0.05) is 42.5 Å². The number of carbonyl (C=O) groups is 2. The monoisotopic (exact) mass is 531 g/mol. The SMILES string of the molecule is COc1ccc([C@H]2[C@@H](C(=O)NCCCN3CCOCC3)c3ccccc3C(=O)N2Cc2ccc(F)cc2)cc1. The summed E-state index contributed by atoms with van der Waals surface area (Å²) in [5, 5.41) is 3.15. The van der Waals surface area contributed by atoms with E-state index >= 15 is 0 Å². The van der Waals surface area contributed by atoms with Crippen LogP contribution in [0.15, 0.2) is 72.8 Å². The van der Waals surface area contributed by atoms with E-state index in [-0.39, 0.29) is 24.2 Å². The number of ether oxygens (including phenoxy) is 2. The van der Waals surface area contributed by atoms with E-state index in [9.17, 15) is 14.0 Å². The van der Waals surface area contributed by atoms with Crippen LogP contribution >= 0.6 is 0 Å². The number of halogens is 1. The molecule has 2 amide bonds. The first-order valence-electron chi connectivity index (χ1n) is 13.4. The summed E-state index contributed by atoms with van der Waals surface area (Å²) in [4.78, 5) is 31.9. The van der Waals surface area contributed by atoms with Gasteiger partial charge in [-0.2, -0.15) is 0 Å². The van der Waals surface area contributed by atoms with Crippen molar-refractivity contribution in [1.82, 2.24) is 15.1 Å². The molecule has 5 rings (SSSR count). The second-order valence-electron chi connectivity index (χ2n) is 9.94. The standard InChI is InChI=1S/C31H34FN3O4/c1-38-25-13-9-23(10-14-25)29-28(30(36)33-15-4-16-34-17-19-39-20-18-34)26-5-2-3-6-27(26)31(37)35(29)21-22-7-11-24(32)12-8-22/h2-3,5-14,28-29H,4,15-21H2,1H3,(H,33,36)/t28-,29-/m0/s1. The number of rotatable bonds is 9. The van der Waals surface area contributed by atoms with Gasteiger partial charge in [0.2, 0.25) is 5.91 Å². The van der Waals surface area contributed by atoms with E-state index in [0.29, 0.717) is 23.4 Å². The third-order valence-electron chi connectivity index (χ3n) is 7.50.